The number of rotatable bonds is 7. The molecular formula is C37H38FN5O6. The molecular weight excluding hydrogens is 629 g/mol. The normalized spacial score (nSPS) is 25.7. The first-order valence-corrected chi connectivity index (χ1v) is 16.7. The Balaban J connectivity index is 1.16. The highest BCUT2D eigenvalue weighted by Crippen LogP contribution is 2.45. The van der Waals surface area contributed by atoms with Crippen LogP contribution in [0.15, 0.2) is 95.4 Å². The SMILES string of the molecule is O=C1N[C@]2(C(=O)NOc3ccccc3)C[C@H]2C=CCCCCC[C@H](Nc2cccc(F)c2)C(=O)N2C[C@H](Oc3nc4ccccc4o3)C[C@@H]12. The first kappa shape index (κ1) is 32.2. The van der Waals surface area contributed by atoms with Crippen molar-refractivity contribution in [2.24, 2.45) is 5.92 Å². The molecule has 0 unspecified atom stereocenters. The monoisotopic (exact) mass is 667 g/mol. The van der Waals surface area contributed by atoms with E-state index in [-0.39, 0.29) is 30.9 Å². The largest absolute Gasteiger partial charge is 0.445 e. The molecule has 0 spiro atoms. The number of benzene rings is 3. The van der Waals surface area contributed by atoms with E-state index in [1.54, 1.807) is 48.5 Å². The second-order valence-corrected chi connectivity index (χ2v) is 12.8. The van der Waals surface area contributed by atoms with Crippen molar-refractivity contribution in [1.29, 1.82) is 0 Å². The van der Waals surface area contributed by atoms with Gasteiger partial charge in [0.1, 0.15) is 35.1 Å². The maximum absolute atomic E-state index is 14.4. The number of carbonyl (C=O) groups is 3. The summed E-state index contributed by atoms with van der Waals surface area (Å²) in [5, 5.41) is 6.22. The maximum atomic E-state index is 14.4. The molecule has 7 rings (SSSR count). The number of hydroxylamine groups is 1. The van der Waals surface area contributed by atoms with Crippen LogP contribution in [0.2, 0.25) is 0 Å². The minimum absolute atomic E-state index is 0.0394. The number of halogens is 1. The van der Waals surface area contributed by atoms with E-state index in [1.807, 2.05) is 30.4 Å². The molecule has 5 atom stereocenters. The highest BCUT2D eigenvalue weighted by molar-refractivity contribution is 5.98. The van der Waals surface area contributed by atoms with E-state index in [0.29, 0.717) is 35.4 Å². The summed E-state index contributed by atoms with van der Waals surface area (Å²) in [6.45, 7) is 0.0800. The van der Waals surface area contributed by atoms with Crippen LogP contribution in [0.1, 0.15) is 44.9 Å². The number of amides is 3. The van der Waals surface area contributed by atoms with Gasteiger partial charge in [-0.1, -0.05) is 61.4 Å². The Morgan fingerprint density at radius 1 is 1.02 bits per heavy atom. The third-order valence-corrected chi connectivity index (χ3v) is 9.36. The zero-order valence-electron chi connectivity index (χ0n) is 26.8. The number of aromatic nitrogens is 1. The van der Waals surface area contributed by atoms with Gasteiger partial charge in [0.05, 0.1) is 6.54 Å². The summed E-state index contributed by atoms with van der Waals surface area (Å²) in [4.78, 5) is 53.7. The van der Waals surface area contributed by atoms with Crippen LogP contribution in [-0.4, -0.2) is 57.9 Å². The number of fused-ring (bicyclic) bond motifs is 3. The molecule has 12 heteroatoms. The fourth-order valence-corrected chi connectivity index (χ4v) is 6.67. The van der Waals surface area contributed by atoms with E-state index in [1.165, 1.54) is 17.0 Å². The number of nitrogens with one attached hydrogen (secondary N) is 3. The van der Waals surface area contributed by atoms with Crippen LogP contribution in [0.4, 0.5) is 10.1 Å². The van der Waals surface area contributed by atoms with Crippen LogP contribution in [0.3, 0.4) is 0 Å². The van der Waals surface area contributed by atoms with Gasteiger partial charge < -0.3 is 29.5 Å². The van der Waals surface area contributed by atoms with Gasteiger partial charge in [0.2, 0.25) is 11.8 Å². The predicted octanol–water partition coefficient (Wildman–Crippen LogP) is 5.30. The summed E-state index contributed by atoms with van der Waals surface area (Å²) in [6.07, 6.45) is 7.73. The van der Waals surface area contributed by atoms with Crippen molar-refractivity contribution >= 4 is 34.5 Å². The van der Waals surface area contributed by atoms with E-state index < -0.39 is 41.4 Å². The second kappa shape index (κ2) is 14.0. The number of anilines is 1. The van der Waals surface area contributed by atoms with Crippen LogP contribution in [-0.2, 0) is 14.4 Å². The second-order valence-electron chi connectivity index (χ2n) is 12.8. The van der Waals surface area contributed by atoms with Crippen LogP contribution < -0.4 is 25.7 Å². The molecule has 0 radical (unpaired) electrons. The molecule has 11 nitrogen and oxygen atoms in total. The quantitative estimate of drug-likeness (QED) is 0.179. The summed E-state index contributed by atoms with van der Waals surface area (Å²) in [7, 11) is 0. The first-order valence-electron chi connectivity index (χ1n) is 16.7. The van der Waals surface area contributed by atoms with Gasteiger partial charge in [-0.2, -0.15) is 10.5 Å². The molecule has 2 aliphatic heterocycles. The number of nitrogens with zero attached hydrogens (tertiary/aromatic N) is 2. The zero-order valence-corrected chi connectivity index (χ0v) is 26.8. The van der Waals surface area contributed by atoms with Crippen LogP contribution in [0.25, 0.3) is 11.1 Å². The van der Waals surface area contributed by atoms with Crippen LogP contribution in [0.5, 0.6) is 11.8 Å². The van der Waals surface area contributed by atoms with Crippen molar-refractivity contribution in [3.05, 3.63) is 96.8 Å². The van der Waals surface area contributed by atoms with Gasteiger partial charge in [-0.05, 0) is 68.1 Å². The third kappa shape index (κ3) is 7.23. The van der Waals surface area contributed by atoms with Crippen molar-refractivity contribution in [2.75, 3.05) is 11.9 Å². The first-order chi connectivity index (χ1) is 23.9. The van der Waals surface area contributed by atoms with Crippen molar-refractivity contribution in [1.82, 2.24) is 20.7 Å². The standard InChI is InChI=1S/C37H38FN5O6/c38-25-13-11-14-26(20-25)39-30-18-8-3-1-2-5-12-24-22-37(24,35(46)42-49-27-15-6-4-7-16-27)41-33(44)31-21-28(23-43(31)34(30)45)47-36-40-29-17-9-10-19-32(29)48-36/h4-7,9-17,19-20,24,28,30-31,39H,1-3,8,18,21-23H2,(H,41,44)(H,42,46)/t24-,28-,30+,31+,37-/m1/s1. The summed E-state index contributed by atoms with van der Waals surface area (Å²) in [5.74, 6) is -1.51. The van der Waals surface area contributed by atoms with E-state index in [0.717, 1.165) is 25.7 Å². The molecule has 3 N–H and O–H groups in total. The molecule has 2 fully saturated rings. The number of para-hydroxylation sites is 3. The molecule has 1 aliphatic carbocycles. The molecule has 3 aromatic carbocycles. The van der Waals surface area contributed by atoms with E-state index in [4.69, 9.17) is 14.0 Å². The fraction of sp³-hybridized carbons (Fsp3) is 0.351. The Bertz CT molecular complexity index is 1820. The van der Waals surface area contributed by atoms with Gasteiger partial charge in [0.15, 0.2) is 11.3 Å². The summed E-state index contributed by atoms with van der Waals surface area (Å²) in [5.41, 5.74) is 2.91. The zero-order chi connectivity index (χ0) is 33.8. The lowest BCUT2D eigenvalue weighted by Crippen LogP contribution is -2.57. The molecule has 3 aliphatic rings. The Labute approximate surface area is 282 Å². The maximum Gasteiger partial charge on any atom is 0.394 e. The average molecular weight is 668 g/mol. The minimum Gasteiger partial charge on any atom is -0.445 e. The Hall–Kier alpha value is -5.39. The highest BCUT2D eigenvalue weighted by atomic mass is 19.1. The van der Waals surface area contributed by atoms with Gasteiger partial charge in [0.25, 0.3) is 5.91 Å². The van der Waals surface area contributed by atoms with Crippen LogP contribution >= 0.6 is 0 Å². The van der Waals surface area contributed by atoms with Gasteiger partial charge in [-0.25, -0.2) is 4.39 Å². The summed E-state index contributed by atoms with van der Waals surface area (Å²) < 4.78 is 26.0. The molecule has 0 bridgehead atoms. The molecule has 1 saturated heterocycles. The molecule has 49 heavy (non-hydrogen) atoms. The molecule has 254 valence electrons. The van der Waals surface area contributed by atoms with Gasteiger partial charge in [-0.3, -0.25) is 14.4 Å². The third-order valence-electron chi connectivity index (χ3n) is 9.36. The van der Waals surface area contributed by atoms with E-state index >= 15 is 0 Å². The van der Waals surface area contributed by atoms with Crippen LogP contribution in [0, 0.1) is 11.7 Å². The molecule has 3 amide bonds. The number of oxazole rings is 1. The lowest BCUT2D eigenvalue weighted by atomic mass is 10.0. The van der Waals surface area contributed by atoms with Crippen molar-refractivity contribution in [2.45, 2.75) is 68.7 Å². The van der Waals surface area contributed by atoms with Gasteiger partial charge >= 0.3 is 6.08 Å². The predicted molar refractivity (Wildman–Crippen MR) is 179 cm³/mol. The topological polar surface area (TPSA) is 135 Å². The lowest BCUT2D eigenvalue weighted by Gasteiger charge is -2.30. The summed E-state index contributed by atoms with van der Waals surface area (Å²) in [6, 6.07) is 20.4. The Morgan fingerprint density at radius 2 is 1.86 bits per heavy atom. The van der Waals surface area contributed by atoms with Crippen molar-refractivity contribution in [3.63, 3.8) is 0 Å². The smallest absolute Gasteiger partial charge is 0.394 e. The Morgan fingerprint density at radius 3 is 2.69 bits per heavy atom. The molecule has 3 heterocycles. The number of ether oxygens (including phenoxy) is 1. The molecule has 4 aromatic rings. The molecule has 1 saturated carbocycles. The average Bonchev–Trinajstić information content (AvgIpc) is 3.41. The fourth-order valence-electron chi connectivity index (χ4n) is 6.67. The van der Waals surface area contributed by atoms with Gasteiger partial charge in [-0.15, -0.1) is 0 Å². The minimum atomic E-state index is -1.25. The van der Waals surface area contributed by atoms with E-state index in [2.05, 4.69) is 21.1 Å². The Kier molecular flexibility index (Phi) is 9.19. The molecule has 1 aromatic heterocycles. The summed E-state index contributed by atoms with van der Waals surface area (Å²) >= 11 is 0. The number of hydrogen-bond donors (Lipinski definition) is 3. The van der Waals surface area contributed by atoms with Crippen molar-refractivity contribution in [3.8, 4) is 11.8 Å². The number of allylic oxidation sites excluding steroid dienone is 1. The van der Waals surface area contributed by atoms with Crippen molar-refractivity contribution < 1.29 is 32.8 Å². The van der Waals surface area contributed by atoms with E-state index in [9.17, 15) is 18.8 Å². The highest BCUT2D eigenvalue weighted by Gasteiger charge is 2.61. The van der Waals surface area contributed by atoms with Gasteiger partial charge in [0, 0.05) is 18.0 Å². The lowest BCUT2D eigenvalue weighted by molar-refractivity contribution is -0.141. The number of hydrogen-bond acceptors (Lipinski definition) is 8. The number of carbonyl (C=O) groups excluding carboxylic acids is 3.